The molecule has 2 rings (SSSR count). The topological polar surface area (TPSA) is 41.5 Å². The van der Waals surface area contributed by atoms with E-state index in [0.717, 1.165) is 23.4 Å². The van der Waals surface area contributed by atoms with Crippen molar-refractivity contribution in [3.05, 3.63) is 29.3 Å². The fourth-order valence-corrected chi connectivity index (χ4v) is 1.84. The van der Waals surface area contributed by atoms with Gasteiger partial charge in [0.15, 0.2) is 0 Å². The van der Waals surface area contributed by atoms with E-state index in [9.17, 15) is 5.11 Å². The number of ether oxygens (including phenoxy) is 1. The molecule has 3 heteroatoms. The van der Waals surface area contributed by atoms with Crippen LogP contribution in [-0.2, 0) is 6.54 Å². The van der Waals surface area contributed by atoms with Crippen LogP contribution in [0.3, 0.4) is 0 Å². The van der Waals surface area contributed by atoms with Crippen molar-refractivity contribution >= 4 is 0 Å². The maximum absolute atomic E-state index is 9.80. The summed E-state index contributed by atoms with van der Waals surface area (Å²) in [6.45, 7) is 5.45. The van der Waals surface area contributed by atoms with Gasteiger partial charge in [0.05, 0.1) is 12.2 Å². The van der Waals surface area contributed by atoms with Crippen molar-refractivity contribution in [3.63, 3.8) is 0 Å². The van der Waals surface area contributed by atoms with Crippen LogP contribution in [0.25, 0.3) is 0 Å². The Balaban J connectivity index is 2.27. The molecule has 0 saturated carbocycles. The molecule has 0 fully saturated rings. The summed E-state index contributed by atoms with van der Waals surface area (Å²) in [6.07, 6.45) is -0.244. The molecule has 1 aromatic carbocycles. The van der Waals surface area contributed by atoms with E-state index < -0.39 is 6.10 Å². The summed E-state index contributed by atoms with van der Waals surface area (Å²) >= 11 is 0. The lowest BCUT2D eigenvalue weighted by Crippen LogP contribution is -2.27. The minimum atomic E-state index is -0.413. The lowest BCUT2D eigenvalue weighted by atomic mass is 9.98. The van der Waals surface area contributed by atoms with Gasteiger partial charge in [-0.2, -0.15) is 0 Å². The SMILES string of the molecule is CC(C)Oc1ccc2c(c1)C(O)CNC2. The molecule has 15 heavy (non-hydrogen) atoms. The highest BCUT2D eigenvalue weighted by Crippen LogP contribution is 2.26. The fourth-order valence-electron chi connectivity index (χ4n) is 1.84. The number of β-amino-alcohol motifs (C(OH)–C–C–N with tert-alkyl or cyclic N) is 1. The van der Waals surface area contributed by atoms with Crippen molar-refractivity contribution in [2.24, 2.45) is 0 Å². The summed E-state index contributed by atoms with van der Waals surface area (Å²) in [7, 11) is 0. The van der Waals surface area contributed by atoms with Gasteiger partial charge in [0, 0.05) is 13.1 Å². The van der Waals surface area contributed by atoms with Crippen LogP contribution in [0.4, 0.5) is 0 Å². The van der Waals surface area contributed by atoms with E-state index in [1.54, 1.807) is 0 Å². The highest BCUT2D eigenvalue weighted by atomic mass is 16.5. The van der Waals surface area contributed by atoms with Gasteiger partial charge in [-0.25, -0.2) is 0 Å². The van der Waals surface area contributed by atoms with Crippen molar-refractivity contribution in [2.45, 2.75) is 32.6 Å². The Morgan fingerprint density at radius 3 is 3.00 bits per heavy atom. The van der Waals surface area contributed by atoms with E-state index in [0.29, 0.717) is 6.54 Å². The molecule has 2 N–H and O–H groups in total. The van der Waals surface area contributed by atoms with Crippen LogP contribution in [-0.4, -0.2) is 17.8 Å². The molecular weight excluding hydrogens is 190 g/mol. The van der Waals surface area contributed by atoms with E-state index >= 15 is 0 Å². The Hall–Kier alpha value is -1.06. The Morgan fingerprint density at radius 2 is 2.27 bits per heavy atom. The summed E-state index contributed by atoms with van der Waals surface area (Å²) in [4.78, 5) is 0. The number of aliphatic hydroxyl groups excluding tert-OH is 1. The van der Waals surface area contributed by atoms with Gasteiger partial charge in [-0.05, 0) is 37.1 Å². The number of fused-ring (bicyclic) bond motifs is 1. The Labute approximate surface area is 90.1 Å². The number of benzene rings is 1. The van der Waals surface area contributed by atoms with E-state index in [4.69, 9.17) is 4.74 Å². The summed E-state index contributed by atoms with van der Waals surface area (Å²) in [6, 6.07) is 5.92. The zero-order chi connectivity index (χ0) is 10.8. The van der Waals surface area contributed by atoms with Gasteiger partial charge >= 0.3 is 0 Å². The maximum Gasteiger partial charge on any atom is 0.120 e. The zero-order valence-corrected chi connectivity index (χ0v) is 9.16. The monoisotopic (exact) mass is 207 g/mol. The molecule has 3 nitrogen and oxygen atoms in total. The zero-order valence-electron chi connectivity index (χ0n) is 9.16. The molecule has 1 unspecified atom stereocenters. The van der Waals surface area contributed by atoms with Crippen LogP contribution in [0.5, 0.6) is 5.75 Å². The largest absolute Gasteiger partial charge is 0.491 e. The van der Waals surface area contributed by atoms with E-state index in [1.165, 1.54) is 0 Å². The molecule has 1 atom stereocenters. The van der Waals surface area contributed by atoms with Gasteiger partial charge in [0.1, 0.15) is 5.75 Å². The van der Waals surface area contributed by atoms with Crippen LogP contribution in [0.15, 0.2) is 18.2 Å². The molecule has 0 saturated heterocycles. The van der Waals surface area contributed by atoms with E-state index in [-0.39, 0.29) is 6.10 Å². The smallest absolute Gasteiger partial charge is 0.120 e. The predicted molar refractivity (Wildman–Crippen MR) is 58.9 cm³/mol. The molecule has 1 aromatic rings. The van der Waals surface area contributed by atoms with Crippen molar-refractivity contribution in [1.82, 2.24) is 5.32 Å². The minimum Gasteiger partial charge on any atom is -0.491 e. The third-order valence-corrected chi connectivity index (χ3v) is 2.50. The standard InChI is InChI=1S/C12H17NO2/c1-8(2)15-10-4-3-9-6-13-7-12(14)11(9)5-10/h3-5,8,12-14H,6-7H2,1-2H3. The number of nitrogens with one attached hydrogen (secondary N) is 1. The highest BCUT2D eigenvalue weighted by molar-refractivity contribution is 5.38. The van der Waals surface area contributed by atoms with Crippen LogP contribution < -0.4 is 10.1 Å². The molecule has 0 radical (unpaired) electrons. The van der Waals surface area contributed by atoms with Gasteiger partial charge < -0.3 is 15.2 Å². The van der Waals surface area contributed by atoms with Gasteiger partial charge in [-0.15, -0.1) is 0 Å². The summed E-state index contributed by atoms with van der Waals surface area (Å²) < 4.78 is 5.60. The van der Waals surface area contributed by atoms with Crippen molar-refractivity contribution in [3.8, 4) is 5.75 Å². The Kier molecular flexibility index (Phi) is 2.93. The molecule has 1 aliphatic heterocycles. The number of hydrogen-bond acceptors (Lipinski definition) is 3. The van der Waals surface area contributed by atoms with Gasteiger partial charge in [-0.3, -0.25) is 0 Å². The lowest BCUT2D eigenvalue weighted by Gasteiger charge is -2.23. The molecule has 0 aromatic heterocycles. The van der Waals surface area contributed by atoms with Crippen molar-refractivity contribution < 1.29 is 9.84 Å². The number of rotatable bonds is 2. The number of hydrogen-bond donors (Lipinski definition) is 2. The predicted octanol–water partition coefficient (Wildman–Crippen LogP) is 1.61. The first-order valence-electron chi connectivity index (χ1n) is 5.35. The van der Waals surface area contributed by atoms with Crippen LogP contribution in [0.1, 0.15) is 31.1 Å². The summed E-state index contributed by atoms with van der Waals surface area (Å²) in [5.41, 5.74) is 2.15. The van der Waals surface area contributed by atoms with Gasteiger partial charge in [0.2, 0.25) is 0 Å². The quantitative estimate of drug-likeness (QED) is 0.774. The molecule has 1 aliphatic rings. The Bertz CT molecular complexity index is 349. The van der Waals surface area contributed by atoms with Gasteiger partial charge in [-0.1, -0.05) is 6.07 Å². The van der Waals surface area contributed by atoms with E-state index in [1.807, 2.05) is 32.0 Å². The number of aliphatic hydroxyl groups is 1. The molecule has 0 spiro atoms. The third kappa shape index (κ3) is 2.30. The first kappa shape index (κ1) is 10.5. The lowest BCUT2D eigenvalue weighted by molar-refractivity contribution is 0.164. The molecule has 0 bridgehead atoms. The second-order valence-electron chi connectivity index (χ2n) is 4.17. The molecular formula is C12H17NO2. The molecule has 82 valence electrons. The molecule has 1 heterocycles. The molecule has 0 aliphatic carbocycles. The maximum atomic E-state index is 9.80. The van der Waals surface area contributed by atoms with Gasteiger partial charge in [0.25, 0.3) is 0 Å². The fraction of sp³-hybridized carbons (Fsp3) is 0.500. The first-order valence-corrected chi connectivity index (χ1v) is 5.35. The normalized spacial score (nSPS) is 20.1. The first-order chi connectivity index (χ1) is 7.16. The second kappa shape index (κ2) is 4.21. The van der Waals surface area contributed by atoms with Crippen molar-refractivity contribution in [1.29, 1.82) is 0 Å². The Morgan fingerprint density at radius 1 is 1.47 bits per heavy atom. The highest BCUT2D eigenvalue weighted by Gasteiger charge is 2.17. The summed E-state index contributed by atoms with van der Waals surface area (Å²) in [5, 5.41) is 13.0. The van der Waals surface area contributed by atoms with Crippen LogP contribution in [0, 0.1) is 0 Å². The van der Waals surface area contributed by atoms with Crippen molar-refractivity contribution in [2.75, 3.05) is 6.54 Å². The van der Waals surface area contributed by atoms with Crippen LogP contribution in [0.2, 0.25) is 0 Å². The minimum absolute atomic E-state index is 0.168. The average Bonchev–Trinajstić information content (AvgIpc) is 2.18. The average molecular weight is 207 g/mol. The summed E-state index contributed by atoms with van der Waals surface area (Å²) in [5.74, 6) is 0.838. The molecule has 0 amide bonds. The van der Waals surface area contributed by atoms with E-state index in [2.05, 4.69) is 5.32 Å². The third-order valence-electron chi connectivity index (χ3n) is 2.50. The van der Waals surface area contributed by atoms with Crippen LogP contribution >= 0.6 is 0 Å². The second-order valence-corrected chi connectivity index (χ2v) is 4.17.